The van der Waals surface area contributed by atoms with Crippen LogP contribution >= 0.6 is 0 Å². The molecule has 0 saturated heterocycles. The maximum absolute atomic E-state index is 12.6. The average Bonchev–Trinajstić information content (AvgIpc) is 2.57. The highest BCUT2D eigenvalue weighted by Gasteiger charge is 2.30. The molecule has 0 saturated carbocycles. The predicted molar refractivity (Wildman–Crippen MR) is 84.7 cm³/mol. The Kier molecular flexibility index (Phi) is 6.35. The summed E-state index contributed by atoms with van der Waals surface area (Å²) in [6.07, 6.45) is -2.94. The topological polar surface area (TPSA) is 27.7 Å². The molecule has 0 radical (unpaired) electrons. The standard InChI is InChI=1S/C18H19F3O3/c1-22-15-7-5-9-17(13-15)24-11-3-2-10-23-16-8-4-6-14(12-16)18(19,20)21/h4-9,12-13H,2-3,10-11H2,1H3. The largest absolute Gasteiger partial charge is 0.497 e. The molecular weight excluding hydrogens is 321 g/mol. The Bertz CT molecular complexity index is 641. The van der Waals surface area contributed by atoms with Gasteiger partial charge in [0.2, 0.25) is 0 Å². The number of unbranched alkanes of at least 4 members (excludes halogenated alkanes) is 1. The number of hydrogen-bond donors (Lipinski definition) is 0. The van der Waals surface area contributed by atoms with E-state index in [2.05, 4.69) is 0 Å². The van der Waals surface area contributed by atoms with Crippen LogP contribution in [0.4, 0.5) is 13.2 Å². The number of methoxy groups -OCH3 is 1. The Balaban J connectivity index is 1.68. The van der Waals surface area contributed by atoms with E-state index in [1.807, 2.05) is 18.2 Å². The molecule has 0 aliphatic heterocycles. The molecule has 6 heteroatoms. The van der Waals surface area contributed by atoms with Crippen molar-refractivity contribution in [2.45, 2.75) is 19.0 Å². The molecule has 24 heavy (non-hydrogen) atoms. The van der Waals surface area contributed by atoms with E-state index in [4.69, 9.17) is 14.2 Å². The Morgan fingerprint density at radius 1 is 0.792 bits per heavy atom. The van der Waals surface area contributed by atoms with Crippen LogP contribution in [-0.2, 0) is 6.18 Å². The highest BCUT2D eigenvalue weighted by Crippen LogP contribution is 2.31. The monoisotopic (exact) mass is 340 g/mol. The first-order valence-corrected chi connectivity index (χ1v) is 7.56. The van der Waals surface area contributed by atoms with Crippen molar-refractivity contribution in [1.29, 1.82) is 0 Å². The molecule has 0 aromatic heterocycles. The fourth-order valence-corrected chi connectivity index (χ4v) is 2.04. The van der Waals surface area contributed by atoms with Crippen molar-refractivity contribution in [2.75, 3.05) is 20.3 Å². The number of alkyl halides is 3. The van der Waals surface area contributed by atoms with E-state index in [0.29, 0.717) is 25.4 Å². The molecule has 2 aromatic rings. The summed E-state index contributed by atoms with van der Waals surface area (Å²) in [5.41, 5.74) is -0.707. The highest BCUT2D eigenvalue weighted by molar-refractivity contribution is 5.32. The van der Waals surface area contributed by atoms with Crippen LogP contribution in [0.25, 0.3) is 0 Å². The van der Waals surface area contributed by atoms with Crippen molar-refractivity contribution in [3.63, 3.8) is 0 Å². The summed E-state index contributed by atoms with van der Waals surface area (Å²) in [4.78, 5) is 0. The summed E-state index contributed by atoms with van der Waals surface area (Å²) in [5.74, 6) is 1.66. The van der Waals surface area contributed by atoms with Crippen LogP contribution in [-0.4, -0.2) is 20.3 Å². The number of benzene rings is 2. The minimum atomic E-state index is -4.36. The molecule has 0 N–H and O–H groups in total. The van der Waals surface area contributed by atoms with Crippen molar-refractivity contribution in [3.8, 4) is 17.2 Å². The van der Waals surface area contributed by atoms with Crippen LogP contribution in [0.3, 0.4) is 0 Å². The van der Waals surface area contributed by atoms with Gasteiger partial charge in [-0.05, 0) is 43.2 Å². The van der Waals surface area contributed by atoms with Crippen LogP contribution in [0.2, 0.25) is 0 Å². The smallest absolute Gasteiger partial charge is 0.416 e. The lowest BCUT2D eigenvalue weighted by Gasteiger charge is -2.10. The van der Waals surface area contributed by atoms with Gasteiger partial charge in [0.05, 0.1) is 25.9 Å². The zero-order chi connectivity index (χ0) is 17.4. The summed E-state index contributed by atoms with van der Waals surface area (Å²) in [6, 6.07) is 12.2. The van der Waals surface area contributed by atoms with Gasteiger partial charge in [-0.15, -0.1) is 0 Å². The van der Waals surface area contributed by atoms with E-state index in [-0.39, 0.29) is 5.75 Å². The van der Waals surface area contributed by atoms with E-state index in [1.54, 1.807) is 13.2 Å². The molecule has 0 amide bonds. The molecule has 2 aromatic carbocycles. The predicted octanol–water partition coefficient (Wildman–Crippen LogP) is 4.95. The lowest BCUT2D eigenvalue weighted by Crippen LogP contribution is -2.06. The van der Waals surface area contributed by atoms with Gasteiger partial charge >= 0.3 is 6.18 Å². The summed E-state index contributed by atoms with van der Waals surface area (Å²) in [5, 5.41) is 0. The van der Waals surface area contributed by atoms with Gasteiger partial charge in [-0.2, -0.15) is 13.2 Å². The molecule has 0 bridgehead atoms. The first kappa shape index (κ1) is 18.0. The highest BCUT2D eigenvalue weighted by atomic mass is 19.4. The minimum absolute atomic E-state index is 0.221. The second kappa shape index (κ2) is 8.47. The first-order chi connectivity index (χ1) is 11.5. The van der Waals surface area contributed by atoms with Crippen LogP contribution in [0.5, 0.6) is 17.2 Å². The Morgan fingerprint density at radius 2 is 1.33 bits per heavy atom. The molecule has 0 unspecified atom stereocenters. The van der Waals surface area contributed by atoms with E-state index in [1.165, 1.54) is 12.1 Å². The molecule has 0 aliphatic rings. The summed E-state index contributed by atoms with van der Waals surface area (Å²) in [6.45, 7) is 0.835. The molecule has 2 rings (SSSR count). The Labute approximate surface area is 139 Å². The fourth-order valence-electron chi connectivity index (χ4n) is 2.04. The molecule has 0 aliphatic carbocycles. The molecule has 0 spiro atoms. The summed E-state index contributed by atoms with van der Waals surface area (Å²) >= 11 is 0. The van der Waals surface area contributed by atoms with E-state index in [9.17, 15) is 13.2 Å². The first-order valence-electron chi connectivity index (χ1n) is 7.56. The van der Waals surface area contributed by atoms with Gasteiger partial charge < -0.3 is 14.2 Å². The number of ether oxygens (including phenoxy) is 3. The number of rotatable bonds is 8. The molecule has 130 valence electrons. The van der Waals surface area contributed by atoms with Gasteiger partial charge in [-0.3, -0.25) is 0 Å². The lowest BCUT2D eigenvalue weighted by atomic mass is 10.2. The molecule has 0 fully saturated rings. The summed E-state index contributed by atoms with van der Waals surface area (Å²) < 4.78 is 53.8. The summed E-state index contributed by atoms with van der Waals surface area (Å²) in [7, 11) is 1.59. The molecular formula is C18H19F3O3. The third-order valence-electron chi connectivity index (χ3n) is 3.28. The number of hydrogen-bond acceptors (Lipinski definition) is 3. The minimum Gasteiger partial charge on any atom is -0.497 e. The zero-order valence-corrected chi connectivity index (χ0v) is 13.3. The van der Waals surface area contributed by atoms with Gasteiger partial charge in [0.1, 0.15) is 17.2 Å². The van der Waals surface area contributed by atoms with Gasteiger partial charge in [0, 0.05) is 6.07 Å². The quantitative estimate of drug-likeness (QED) is 0.636. The second-order valence-corrected chi connectivity index (χ2v) is 5.11. The maximum Gasteiger partial charge on any atom is 0.416 e. The SMILES string of the molecule is COc1cccc(OCCCCOc2cccc(C(F)(F)F)c2)c1. The molecule has 3 nitrogen and oxygen atoms in total. The second-order valence-electron chi connectivity index (χ2n) is 5.11. The van der Waals surface area contributed by atoms with Gasteiger partial charge in [0.15, 0.2) is 0 Å². The van der Waals surface area contributed by atoms with Crippen molar-refractivity contribution in [2.24, 2.45) is 0 Å². The van der Waals surface area contributed by atoms with Crippen molar-refractivity contribution < 1.29 is 27.4 Å². The van der Waals surface area contributed by atoms with Gasteiger partial charge in [-0.1, -0.05) is 12.1 Å². The van der Waals surface area contributed by atoms with Gasteiger partial charge in [-0.25, -0.2) is 0 Å². The lowest BCUT2D eigenvalue weighted by molar-refractivity contribution is -0.137. The fraction of sp³-hybridized carbons (Fsp3) is 0.333. The van der Waals surface area contributed by atoms with Crippen LogP contribution < -0.4 is 14.2 Å². The molecule has 0 atom stereocenters. The van der Waals surface area contributed by atoms with Crippen LogP contribution in [0.1, 0.15) is 18.4 Å². The zero-order valence-electron chi connectivity index (χ0n) is 13.3. The van der Waals surface area contributed by atoms with Crippen molar-refractivity contribution in [3.05, 3.63) is 54.1 Å². The maximum atomic E-state index is 12.6. The van der Waals surface area contributed by atoms with E-state index < -0.39 is 11.7 Å². The van der Waals surface area contributed by atoms with Crippen LogP contribution in [0, 0.1) is 0 Å². The number of halogens is 3. The van der Waals surface area contributed by atoms with E-state index in [0.717, 1.165) is 24.3 Å². The normalized spacial score (nSPS) is 11.2. The third-order valence-corrected chi connectivity index (χ3v) is 3.28. The van der Waals surface area contributed by atoms with Crippen molar-refractivity contribution >= 4 is 0 Å². The molecule has 0 heterocycles. The average molecular weight is 340 g/mol. The Hall–Kier alpha value is -2.37. The van der Waals surface area contributed by atoms with Gasteiger partial charge in [0.25, 0.3) is 0 Å². The van der Waals surface area contributed by atoms with Crippen LogP contribution in [0.15, 0.2) is 48.5 Å². The van der Waals surface area contributed by atoms with Crippen molar-refractivity contribution in [1.82, 2.24) is 0 Å². The van der Waals surface area contributed by atoms with E-state index >= 15 is 0 Å². The third kappa shape index (κ3) is 5.68. The Morgan fingerprint density at radius 3 is 1.92 bits per heavy atom.